The van der Waals surface area contributed by atoms with Crippen LogP contribution in [0.1, 0.15) is 30.9 Å². The molecule has 3 nitrogen and oxygen atoms in total. The van der Waals surface area contributed by atoms with Crippen LogP contribution in [-0.4, -0.2) is 23.8 Å². The van der Waals surface area contributed by atoms with Crippen molar-refractivity contribution in [2.75, 3.05) is 13.1 Å². The summed E-state index contributed by atoms with van der Waals surface area (Å²) in [6, 6.07) is 4.65. The van der Waals surface area contributed by atoms with Gasteiger partial charge in [-0.2, -0.15) is 0 Å². The number of nitrogen functional groups attached to an aromatic ring is 1. The molecule has 0 aromatic heterocycles. The molecule has 1 atom stereocenters. The standard InChI is InChI=1S/C14H20FN3/c1-10-3-2-4-18(8-10)9-11-5-12(14(16)17)7-13(15)6-11/h5-7,10H,2-4,8-9H2,1H3,(H3,16,17). The van der Waals surface area contributed by atoms with E-state index in [1.54, 1.807) is 0 Å². The van der Waals surface area contributed by atoms with Gasteiger partial charge in [-0.25, -0.2) is 4.39 Å². The third kappa shape index (κ3) is 3.29. The molecule has 1 aliphatic heterocycles. The third-order valence-corrected chi connectivity index (χ3v) is 3.42. The monoisotopic (exact) mass is 249 g/mol. The maximum atomic E-state index is 13.4. The Morgan fingerprint density at radius 3 is 2.94 bits per heavy atom. The van der Waals surface area contributed by atoms with Crippen molar-refractivity contribution in [2.24, 2.45) is 11.7 Å². The summed E-state index contributed by atoms with van der Waals surface area (Å²) >= 11 is 0. The van der Waals surface area contributed by atoms with Crippen molar-refractivity contribution in [3.8, 4) is 0 Å². The molecule has 0 spiro atoms. The van der Waals surface area contributed by atoms with Gasteiger partial charge in [0.2, 0.25) is 0 Å². The third-order valence-electron chi connectivity index (χ3n) is 3.42. The van der Waals surface area contributed by atoms with Crippen molar-refractivity contribution < 1.29 is 4.39 Å². The van der Waals surface area contributed by atoms with E-state index in [1.165, 1.54) is 25.0 Å². The van der Waals surface area contributed by atoms with E-state index in [4.69, 9.17) is 11.1 Å². The van der Waals surface area contributed by atoms with Crippen LogP contribution in [0.25, 0.3) is 0 Å². The fourth-order valence-corrected chi connectivity index (χ4v) is 2.59. The molecule has 18 heavy (non-hydrogen) atoms. The second-order valence-corrected chi connectivity index (χ2v) is 5.24. The summed E-state index contributed by atoms with van der Waals surface area (Å²) in [6.07, 6.45) is 2.48. The highest BCUT2D eigenvalue weighted by Gasteiger charge is 2.16. The topological polar surface area (TPSA) is 53.1 Å². The maximum absolute atomic E-state index is 13.4. The first-order valence-electron chi connectivity index (χ1n) is 6.41. The van der Waals surface area contributed by atoms with Crippen LogP contribution >= 0.6 is 0 Å². The van der Waals surface area contributed by atoms with Gasteiger partial charge in [-0.1, -0.05) is 6.92 Å². The number of piperidine rings is 1. The molecule has 0 aliphatic carbocycles. The van der Waals surface area contributed by atoms with Crippen molar-refractivity contribution in [1.82, 2.24) is 4.90 Å². The molecule has 1 saturated heterocycles. The van der Waals surface area contributed by atoms with Crippen LogP contribution in [0.2, 0.25) is 0 Å². The van der Waals surface area contributed by atoms with Crippen LogP contribution in [0, 0.1) is 17.1 Å². The molecular formula is C14H20FN3. The van der Waals surface area contributed by atoms with E-state index in [9.17, 15) is 4.39 Å². The van der Waals surface area contributed by atoms with E-state index in [0.29, 0.717) is 11.5 Å². The zero-order valence-corrected chi connectivity index (χ0v) is 10.7. The summed E-state index contributed by atoms with van der Waals surface area (Å²) in [7, 11) is 0. The molecule has 0 amide bonds. The van der Waals surface area contributed by atoms with Gasteiger partial charge in [0.05, 0.1) is 0 Å². The van der Waals surface area contributed by atoms with E-state index in [1.807, 2.05) is 6.07 Å². The van der Waals surface area contributed by atoms with Gasteiger partial charge < -0.3 is 5.73 Å². The molecular weight excluding hydrogens is 229 g/mol. The molecule has 1 aliphatic rings. The number of hydrogen-bond donors (Lipinski definition) is 2. The van der Waals surface area contributed by atoms with Gasteiger partial charge in [-0.05, 0) is 49.1 Å². The van der Waals surface area contributed by atoms with Crippen LogP contribution in [0.4, 0.5) is 4.39 Å². The second kappa shape index (κ2) is 5.48. The van der Waals surface area contributed by atoms with Crippen LogP contribution in [0.15, 0.2) is 18.2 Å². The fraction of sp³-hybridized carbons (Fsp3) is 0.500. The number of halogens is 1. The summed E-state index contributed by atoms with van der Waals surface area (Å²) in [4.78, 5) is 2.34. The Kier molecular flexibility index (Phi) is 3.97. The number of rotatable bonds is 3. The second-order valence-electron chi connectivity index (χ2n) is 5.24. The maximum Gasteiger partial charge on any atom is 0.124 e. The van der Waals surface area contributed by atoms with Gasteiger partial charge in [0.25, 0.3) is 0 Å². The van der Waals surface area contributed by atoms with Crippen molar-refractivity contribution in [1.29, 1.82) is 5.41 Å². The number of nitrogens with zero attached hydrogens (tertiary/aromatic N) is 1. The summed E-state index contributed by atoms with van der Waals surface area (Å²) in [5.41, 5.74) is 6.77. The molecule has 4 heteroatoms. The Balaban J connectivity index is 2.10. The van der Waals surface area contributed by atoms with E-state index < -0.39 is 0 Å². The number of hydrogen-bond acceptors (Lipinski definition) is 2. The molecule has 1 unspecified atom stereocenters. The van der Waals surface area contributed by atoms with Crippen molar-refractivity contribution in [2.45, 2.75) is 26.3 Å². The zero-order chi connectivity index (χ0) is 13.1. The lowest BCUT2D eigenvalue weighted by Gasteiger charge is -2.30. The summed E-state index contributed by atoms with van der Waals surface area (Å²) < 4.78 is 13.4. The highest BCUT2D eigenvalue weighted by molar-refractivity contribution is 5.95. The molecule has 0 bridgehead atoms. The summed E-state index contributed by atoms with van der Waals surface area (Å²) in [5, 5.41) is 7.38. The van der Waals surface area contributed by atoms with Crippen LogP contribution in [0.3, 0.4) is 0 Å². The number of likely N-dealkylation sites (tertiary alicyclic amines) is 1. The highest BCUT2D eigenvalue weighted by Crippen LogP contribution is 2.19. The quantitative estimate of drug-likeness (QED) is 0.638. The lowest BCUT2D eigenvalue weighted by atomic mass is 9.99. The van der Waals surface area contributed by atoms with Gasteiger partial charge in [0.1, 0.15) is 11.7 Å². The summed E-state index contributed by atoms with van der Waals surface area (Å²) in [5.74, 6) is 0.310. The predicted octanol–water partition coefficient (Wildman–Crippen LogP) is 2.34. The van der Waals surface area contributed by atoms with Gasteiger partial charge in [0, 0.05) is 18.7 Å². The Morgan fingerprint density at radius 2 is 2.28 bits per heavy atom. The first-order valence-corrected chi connectivity index (χ1v) is 6.41. The van der Waals surface area contributed by atoms with Crippen molar-refractivity contribution in [3.05, 3.63) is 35.1 Å². The molecule has 0 radical (unpaired) electrons. The minimum atomic E-state index is -0.317. The van der Waals surface area contributed by atoms with Gasteiger partial charge >= 0.3 is 0 Å². The average Bonchev–Trinajstić information content (AvgIpc) is 2.28. The average molecular weight is 249 g/mol. The van der Waals surface area contributed by atoms with Crippen LogP contribution in [-0.2, 0) is 6.54 Å². The Bertz CT molecular complexity index is 445. The van der Waals surface area contributed by atoms with E-state index in [0.717, 1.165) is 25.2 Å². The highest BCUT2D eigenvalue weighted by atomic mass is 19.1. The molecule has 1 heterocycles. The van der Waals surface area contributed by atoms with Crippen LogP contribution < -0.4 is 5.73 Å². The largest absolute Gasteiger partial charge is 0.384 e. The Hall–Kier alpha value is -1.42. The summed E-state index contributed by atoms with van der Waals surface area (Å²) in [6.45, 7) is 5.11. The molecule has 1 fully saturated rings. The van der Waals surface area contributed by atoms with E-state index >= 15 is 0 Å². The van der Waals surface area contributed by atoms with E-state index in [-0.39, 0.29) is 11.7 Å². The van der Waals surface area contributed by atoms with Crippen molar-refractivity contribution >= 4 is 5.84 Å². The first kappa shape index (κ1) is 13.0. The lowest BCUT2D eigenvalue weighted by Crippen LogP contribution is -2.33. The van der Waals surface area contributed by atoms with E-state index in [2.05, 4.69) is 11.8 Å². The predicted molar refractivity (Wildman–Crippen MR) is 71.1 cm³/mol. The molecule has 0 saturated carbocycles. The molecule has 2 rings (SSSR count). The minimum absolute atomic E-state index is 0.0808. The lowest BCUT2D eigenvalue weighted by molar-refractivity contribution is 0.176. The molecule has 3 N–H and O–H groups in total. The number of nitrogens with two attached hydrogens (primary N) is 1. The Morgan fingerprint density at radius 1 is 1.50 bits per heavy atom. The number of amidine groups is 1. The van der Waals surface area contributed by atoms with Gasteiger partial charge in [-0.3, -0.25) is 10.3 Å². The SMILES string of the molecule is CC1CCCN(Cc2cc(F)cc(C(=N)N)c2)C1. The number of nitrogens with one attached hydrogen (secondary N) is 1. The molecule has 98 valence electrons. The Labute approximate surface area is 107 Å². The zero-order valence-electron chi connectivity index (χ0n) is 10.7. The fourth-order valence-electron chi connectivity index (χ4n) is 2.59. The number of benzene rings is 1. The van der Waals surface area contributed by atoms with Gasteiger partial charge in [-0.15, -0.1) is 0 Å². The van der Waals surface area contributed by atoms with Crippen molar-refractivity contribution in [3.63, 3.8) is 0 Å². The normalized spacial score (nSPS) is 20.9. The smallest absolute Gasteiger partial charge is 0.124 e. The minimum Gasteiger partial charge on any atom is -0.384 e. The first-order chi connectivity index (χ1) is 8.54. The van der Waals surface area contributed by atoms with Crippen LogP contribution in [0.5, 0.6) is 0 Å². The molecule has 1 aromatic rings. The molecule has 1 aromatic carbocycles. The van der Waals surface area contributed by atoms with Gasteiger partial charge in [0.15, 0.2) is 0 Å².